The van der Waals surface area contributed by atoms with Crippen LogP contribution in [0.2, 0.25) is 0 Å². The number of methoxy groups -OCH3 is 1. The van der Waals surface area contributed by atoms with Crippen molar-refractivity contribution in [2.45, 2.75) is 76.5 Å². The van der Waals surface area contributed by atoms with E-state index >= 15 is 0 Å². The zero-order valence-electron chi connectivity index (χ0n) is 21.8. The molecule has 1 saturated carbocycles. The first-order valence-electron chi connectivity index (χ1n) is 13.0. The molecular formula is C26H33F3N4O6. The molecule has 1 aromatic carbocycles. The maximum Gasteiger partial charge on any atom is 0.490 e. The second kappa shape index (κ2) is 11.9. The molecule has 3 aliphatic rings. The first-order valence-corrected chi connectivity index (χ1v) is 13.0. The smallest absolute Gasteiger partial charge is 0.490 e. The van der Waals surface area contributed by atoms with Gasteiger partial charge in [-0.2, -0.15) is 18.3 Å². The lowest BCUT2D eigenvalue weighted by molar-refractivity contribution is -0.192. The third-order valence-corrected chi connectivity index (χ3v) is 7.52. The Bertz CT molecular complexity index is 1270. The van der Waals surface area contributed by atoms with Gasteiger partial charge in [0.25, 0.3) is 0 Å². The minimum atomic E-state index is -5.08. The van der Waals surface area contributed by atoms with E-state index in [1.165, 1.54) is 29.5 Å². The van der Waals surface area contributed by atoms with Crippen LogP contribution in [0.15, 0.2) is 33.9 Å². The lowest BCUT2D eigenvalue weighted by atomic mass is 9.89. The largest absolute Gasteiger partial charge is 0.497 e. The maximum absolute atomic E-state index is 13.0. The summed E-state index contributed by atoms with van der Waals surface area (Å²) in [7, 11) is 1.67. The number of carbonyl (C=O) groups is 1. The van der Waals surface area contributed by atoms with E-state index in [1.54, 1.807) is 11.7 Å². The molecular weight excluding hydrogens is 521 g/mol. The van der Waals surface area contributed by atoms with Crippen molar-refractivity contribution in [1.29, 1.82) is 0 Å². The van der Waals surface area contributed by atoms with Crippen LogP contribution >= 0.6 is 0 Å². The summed E-state index contributed by atoms with van der Waals surface area (Å²) >= 11 is 0. The number of hydrogen-bond acceptors (Lipinski definition) is 7. The van der Waals surface area contributed by atoms with Gasteiger partial charge >= 0.3 is 23.3 Å². The first kappa shape index (κ1) is 28.8. The number of halogens is 3. The average Bonchev–Trinajstić information content (AvgIpc) is 3.30. The third kappa shape index (κ3) is 7.07. The summed E-state index contributed by atoms with van der Waals surface area (Å²) in [5, 5.41) is 11.7. The normalized spacial score (nSPS) is 21.7. The van der Waals surface area contributed by atoms with Crippen molar-refractivity contribution in [3.8, 4) is 5.75 Å². The van der Waals surface area contributed by atoms with Gasteiger partial charge in [-0.15, -0.1) is 0 Å². The van der Waals surface area contributed by atoms with Crippen molar-refractivity contribution in [3.63, 3.8) is 0 Å². The zero-order chi connectivity index (χ0) is 28.2. The van der Waals surface area contributed by atoms with E-state index in [0.29, 0.717) is 24.8 Å². The SMILES string of the molecule is COc1ccc(CN2CCC3(C2)Cn2c(nn(CC4CCCCC4)c(=O)c2=O)CO3)cc1.O=C(O)C(F)(F)F. The lowest BCUT2D eigenvalue weighted by Gasteiger charge is -2.35. The Balaban J connectivity index is 0.000000448. The minimum Gasteiger partial charge on any atom is -0.497 e. The Morgan fingerprint density at radius 3 is 2.41 bits per heavy atom. The molecule has 1 aliphatic carbocycles. The summed E-state index contributed by atoms with van der Waals surface area (Å²) in [6.07, 6.45) is 1.62. The Hall–Kier alpha value is -3.19. The van der Waals surface area contributed by atoms with Gasteiger partial charge in [0.05, 0.1) is 13.7 Å². The number of likely N-dealkylation sites (tertiary alicyclic amines) is 1. The molecule has 0 amide bonds. The van der Waals surface area contributed by atoms with Crippen molar-refractivity contribution in [2.24, 2.45) is 5.92 Å². The van der Waals surface area contributed by atoms with Crippen LogP contribution in [0.1, 0.15) is 49.9 Å². The van der Waals surface area contributed by atoms with Crippen LogP contribution in [0.5, 0.6) is 5.75 Å². The van der Waals surface area contributed by atoms with E-state index in [4.69, 9.17) is 19.4 Å². The molecule has 1 unspecified atom stereocenters. The molecule has 1 spiro atoms. The van der Waals surface area contributed by atoms with Crippen LogP contribution in [-0.2, 0) is 35.8 Å². The van der Waals surface area contributed by atoms with Crippen LogP contribution in [0.4, 0.5) is 13.2 Å². The summed E-state index contributed by atoms with van der Waals surface area (Å²) in [6, 6.07) is 8.09. The van der Waals surface area contributed by atoms with Crippen molar-refractivity contribution in [3.05, 3.63) is 56.4 Å². The van der Waals surface area contributed by atoms with Gasteiger partial charge in [-0.1, -0.05) is 31.4 Å². The third-order valence-electron chi connectivity index (χ3n) is 7.52. The van der Waals surface area contributed by atoms with Gasteiger partial charge in [-0.05, 0) is 42.9 Å². The minimum absolute atomic E-state index is 0.274. The van der Waals surface area contributed by atoms with Crippen molar-refractivity contribution in [2.75, 3.05) is 20.2 Å². The number of alkyl halides is 3. The highest BCUT2D eigenvalue weighted by Gasteiger charge is 2.43. The molecule has 13 heteroatoms. The standard InChI is InChI=1S/C24H32N4O4.C2HF3O2/c1-31-20-9-7-19(8-10-20)13-26-12-11-24(16-26)17-27-21(15-32-24)25-28(23(30)22(27)29)14-18-5-3-2-4-6-18;3-2(4,5)1(6)7/h7-10,18H,2-6,11-17H2,1H3;(H,6,7). The number of fused-ring (bicyclic) bond motifs is 1. The number of benzene rings is 1. The molecule has 214 valence electrons. The summed E-state index contributed by atoms with van der Waals surface area (Å²) < 4.78 is 46.2. The first-order chi connectivity index (χ1) is 18.5. The Labute approximate surface area is 222 Å². The summed E-state index contributed by atoms with van der Waals surface area (Å²) in [6.45, 7) is 3.66. The molecule has 1 aromatic heterocycles. The lowest BCUT2D eigenvalue weighted by Crippen LogP contribution is -2.53. The fourth-order valence-electron chi connectivity index (χ4n) is 5.44. The number of aromatic nitrogens is 3. The van der Waals surface area contributed by atoms with Gasteiger partial charge in [0.1, 0.15) is 18.0 Å². The molecule has 1 N–H and O–H groups in total. The number of rotatable bonds is 5. The quantitative estimate of drug-likeness (QED) is 0.561. The maximum atomic E-state index is 13.0. The van der Waals surface area contributed by atoms with Crippen LogP contribution < -0.4 is 15.9 Å². The van der Waals surface area contributed by atoms with Crippen LogP contribution in [-0.4, -0.2) is 62.3 Å². The molecule has 2 fully saturated rings. The zero-order valence-corrected chi connectivity index (χ0v) is 21.8. The monoisotopic (exact) mass is 554 g/mol. The molecule has 1 atom stereocenters. The van der Waals surface area contributed by atoms with E-state index < -0.39 is 28.9 Å². The molecule has 0 bridgehead atoms. The fourth-order valence-corrected chi connectivity index (χ4v) is 5.44. The van der Waals surface area contributed by atoms with Crippen molar-refractivity contribution < 1.29 is 32.5 Å². The molecule has 3 heterocycles. The van der Waals surface area contributed by atoms with E-state index in [2.05, 4.69) is 22.1 Å². The van der Waals surface area contributed by atoms with Crippen LogP contribution in [0.3, 0.4) is 0 Å². The Morgan fingerprint density at radius 2 is 1.79 bits per heavy atom. The van der Waals surface area contributed by atoms with E-state index in [9.17, 15) is 22.8 Å². The van der Waals surface area contributed by atoms with E-state index in [-0.39, 0.29) is 6.61 Å². The number of nitrogens with zero attached hydrogens (tertiary/aromatic N) is 4. The predicted molar refractivity (Wildman–Crippen MR) is 133 cm³/mol. The number of ether oxygens (including phenoxy) is 2. The highest BCUT2D eigenvalue weighted by molar-refractivity contribution is 5.73. The molecule has 39 heavy (non-hydrogen) atoms. The average molecular weight is 555 g/mol. The number of hydrogen-bond donors (Lipinski definition) is 1. The Morgan fingerprint density at radius 1 is 1.13 bits per heavy atom. The second-order valence-electron chi connectivity index (χ2n) is 10.4. The highest BCUT2D eigenvalue weighted by Crippen LogP contribution is 2.32. The van der Waals surface area contributed by atoms with E-state index in [1.807, 2.05) is 12.1 Å². The Kier molecular flexibility index (Phi) is 8.80. The topological polar surface area (TPSA) is 116 Å². The molecule has 2 aromatic rings. The van der Waals surface area contributed by atoms with Gasteiger partial charge in [-0.3, -0.25) is 19.1 Å². The molecule has 5 rings (SSSR count). The van der Waals surface area contributed by atoms with Gasteiger partial charge in [0.2, 0.25) is 0 Å². The van der Waals surface area contributed by atoms with Crippen LogP contribution in [0, 0.1) is 5.92 Å². The van der Waals surface area contributed by atoms with E-state index in [0.717, 1.165) is 44.6 Å². The predicted octanol–water partition coefficient (Wildman–Crippen LogP) is 2.80. The number of carboxylic acid groups (broad SMARTS) is 1. The van der Waals surface area contributed by atoms with Gasteiger partial charge in [0, 0.05) is 26.2 Å². The highest BCUT2D eigenvalue weighted by atomic mass is 19.4. The summed E-state index contributed by atoms with van der Waals surface area (Å²) in [4.78, 5) is 37.0. The van der Waals surface area contributed by atoms with Gasteiger partial charge < -0.3 is 14.6 Å². The molecule has 10 nitrogen and oxygen atoms in total. The van der Waals surface area contributed by atoms with Crippen molar-refractivity contribution in [1.82, 2.24) is 19.2 Å². The van der Waals surface area contributed by atoms with Crippen molar-refractivity contribution >= 4 is 5.97 Å². The molecule has 0 radical (unpaired) electrons. The number of carboxylic acids is 1. The summed E-state index contributed by atoms with van der Waals surface area (Å²) in [5.41, 5.74) is -0.178. The summed E-state index contributed by atoms with van der Waals surface area (Å²) in [5.74, 6) is -0.898. The second-order valence-corrected chi connectivity index (χ2v) is 10.4. The van der Waals surface area contributed by atoms with Crippen LogP contribution in [0.25, 0.3) is 0 Å². The fraction of sp³-hybridized carbons (Fsp3) is 0.615. The molecule has 2 aliphatic heterocycles. The number of aliphatic carboxylic acids is 1. The van der Waals surface area contributed by atoms with Gasteiger partial charge in [-0.25, -0.2) is 9.48 Å². The van der Waals surface area contributed by atoms with Gasteiger partial charge in [0.15, 0.2) is 5.82 Å². The molecule has 1 saturated heterocycles.